The van der Waals surface area contributed by atoms with Crippen LogP contribution in [0.3, 0.4) is 0 Å². The van der Waals surface area contributed by atoms with Crippen LogP contribution >= 0.6 is 27.3 Å². The lowest BCUT2D eigenvalue weighted by Crippen LogP contribution is -2.37. The smallest absolute Gasteiger partial charge is 0.244 e. The number of aliphatic hydroxyl groups excluding tert-OH is 1. The Balaban J connectivity index is 1.80. The van der Waals surface area contributed by atoms with Crippen molar-refractivity contribution in [2.75, 3.05) is 0 Å². The SMILES string of the molecule is O=C(C=Cc1ccc(Br)s1)NC1CCC(O)CC1. The lowest BCUT2D eigenvalue weighted by Gasteiger charge is -2.25. The molecule has 0 spiro atoms. The van der Waals surface area contributed by atoms with Gasteiger partial charge in [-0.05, 0) is 59.8 Å². The minimum Gasteiger partial charge on any atom is -0.393 e. The summed E-state index contributed by atoms with van der Waals surface area (Å²) in [5.74, 6) is -0.0547. The predicted octanol–water partition coefficient (Wildman–Crippen LogP) is 2.94. The Morgan fingerprint density at radius 1 is 1.39 bits per heavy atom. The molecule has 2 N–H and O–H groups in total. The first kappa shape index (κ1) is 13.8. The molecule has 3 nitrogen and oxygen atoms in total. The Morgan fingerprint density at radius 3 is 2.72 bits per heavy atom. The van der Waals surface area contributed by atoms with Gasteiger partial charge in [-0.3, -0.25) is 4.79 Å². The van der Waals surface area contributed by atoms with Gasteiger partial charge >= 0.3 is 0 Å². The normalized spacial score (nSPS) is 24.3. The molecule has 5 heteroatoms. The van der Waals surface area contributed by atoms with Crippen molar-refractivity contribution in [3.8, 4) is 0 Å². The lowest BCUT2D eigenvalue weighted by atomic mass is 9.93. The van der Waals surface area contributed by atoms with E-state index in [1.807, 2.05) is 18.2 Å². The standard InChI is InChI=1S/C13H16BrNO2S/c14-12-7-5-11(18-12)6-8-13(17)15-9-1-3-10(16)4-2-9/h5-10,16H,1-4H2,(H,15,17). The molecule has 1 amide bonds. The summed E-state index contributed by atoms with van der Waals surface area (Å²) in [6.45, 7) is 0. The third-order valence-corrected chi connectivity index (χ3v) is 4.62. The number of thiophene rings is 1. The Bertz CT molecular complexity index is 436. The summed E-state index contributed by atoms with van der Waals surface area (Å²) < 4.78 is 1.06. The maximum Gasteiger partial charge on any atom is 0.244 e. The van der Waals surface area contributed by atoms with Crippen LogP contribution in [0.4, 0.5) is 0 Å². The van der Waals surface area contributed by atoms with Gasteiger partial charge in [0.15, 0.2) is 0 Å². The van der Waals surface area contributed by atoms with Crippen molar-refractivity contribution in [1.29, 1.82) is 0 Å². The molecule has 18 heavy (non-hydrogen) atoms. The average Bonchev–Trinajstić information content (AvgIpc) is 2.76. The van der Waals surface area contributed by atoms with Crippen LogP contribution in [0.15, 0.2) is 22.0 Å². The molecular weight excluding hydrogens is 314 g/mol. The first-order valence-electron chi connectivity index (χ1n) is 6.05. The molecule has 0 bridgehead atoms. The van der Waals surface area contributed by atoms with Crippen molar-refractivity contribution in [3.63, 3.8) is 0 Å². The number of carbonyl (C=O) groups is 1. The van der Waals surface area contributed by atoms with Gasteiger partial charge in [0.1, 0.15) is 0 Å². The molecule has 98 valence electrons. The fraction of sp³-hybridized carbons (Fsp3) is 0.462. The molecule has 0 aromatic carbocycles. The zero-order chi connectivity index (χ0) is 13.0. The monoisotopic (exact) mass is 329 g/mol. The van der Waals surface area contributed by atoms with E-state index in [1.165, 1.54) is 0 Å². The van der Waals surface area contributed by atoms with Crippen LogP contribution in [0, 0.1) is 0 Å². The fourth-order valence-electron chi connectivity index (χ4n) is 2.05. The first-order chi connectivity index (χ1) is 8.63. The minimum absolute atomic E-state index is 0.0547. The maximum atomic E-state index is 11.7. The van der Waals surface area contributed by atoms with Gasteiger partial charge in [-0.1, -0.05) is 0 Å². The summed E-state index contributed by atoms with van der Waals surface area (Å²) in [5.41, 5.74) is 0. The minimum atomic E-state index is -0.183. The largest absolute Gasteiger partial charge is 0.393 e. The Kier molecular flexibility index (Phi) is 4.97. The molecule has 1 aromatic heterocycles. The average molecular weight is 330 g/mol. The van der Waals surface area contributed by atoms with Crippen molar-refractivity contribution < 1.29 is 9.90 Å². The molecule has 1 aliphatic rings. The number of hydrogen-bond donors (Lipinski definition) is 2. The van der Waals surface area contributed by atoms with Gasteiger partial charge in [0.2, 0.25) is 5.91 Å². The number of halogens is 1. The number of carbonyl (C=O) groups excluding carboxylic acids is 1. The molecule has 0 aliphatic heterocycles. The molecule has 2 rings (SSSR count). The van der Waals surface area contributed by atoms with Gasteiger partial charge in [0.05, 0.1) is 9.89 Å². The maximum absolute atomic E-state index is 11.7. The first-order valence-corrected chi connectivity index (χ1v) is 7.66. The van der Waals surface area contributed by atoms with E-state index in [4.69, 9.17) is 0 Å². The molecular formula is C13H16BrNO2S. The van der Waals surface area contributed by atoms with Gasteiger partial charge in [-0.2, -0.15) is 0 Å². The molecule has 1 heterocycles. The summed E-state index contributed by atoms with van der Waals surface area (Å²) in [5, 5.41) is 12.4. The summed E-state index contributed by atoms with van der Waals surface area (Å²) in [6, 6.07) is 4.14. The number of amides is 1. The fourth-order valence-corrected chi connectivity index (χ4v) is 3.37. The number of nitrogens with one attached hydrogen (secondary N) is 1. The van der Waals surface area contributed by atoms with Crippen molar-refractivity contribution in [2.24, 2.45) is 0 Å². The van der Waals surface area contributed by atoms with E-state index >= 15 is 0 Å². The second-order valence-corrected chi connectivity index (χ2v) is 6.98. The number of rotatable bonds is 3. The lowest BCUT2D eigenvalue weighted by molar-refractivity contribution is -0.117. The van der Waals surface area contributed by atoms with Crippen LogP contribution in [0.2, 0.25) is 0 Å². The summed E-state index contributed by atoms with van der Waals surface area (Å²) in [4.78, 5) is 12.8. The molecule has 1 aliphatic carbocycles. The molecule has 0 atom stereocenters. The van der Waals surface area contributed by atoms with E-state index in [2.05, 4.69) is 21.2 Å². The number of aliphatic hydroxyl groups is 1. The van der Waals surface area contributed by atoms with Crippen molar-refractivity contribution in [1.82, 2.24) is 5.32 Å². The van der Waals surface area contributed by atoms with Crippen LogP contribution < -0.4 is 5.32 Å². The topological polar surface area (TPSA) is 49.3 Å². The van der Waals surface area contributed by atoms with E-state index < -0.39 is 0 Å². The van der Waals surface area contributed by atoms with Crippen LogP contribution in [-0.4, -0.2) is 23.2 Å². The van der Waals surface area contributed by atoms with E-state index in [-0.39, 0.29) is 18.1 Å². The summed E-state index contributed by atoms with van der Waals surface area (Å²) >= 11 is 4.98. The van der Waals surface area contributed by atoms with Gasteiger partial charge in [-0.15, -0.1) is 11.3 Å². The highest BCUT2D eigenvalue weighted by molar-refractivity contribution is 9.11. The van der Waals surface area contributed by atoms with Gasteiger partial charge < -0.3 is 10.4 Å². The van der Waals surface area contributed by atoms with Crippen LogP contribution in [0.5, 0.6) is 0 Å². The highest BCUT2D eigenvalue weighted by atomic mass is 79.9. The van der Waals surface area contributed by atoms with Crippen molar-refractivity contribution >= 4 is 39.2 Å². The van der Waals surface area contributed by atoms with E-state index in [9.17, 15) is 9.90 Å². The van der Waals surface area contributed by atoms with Crippen LogP contribution in [0.1, 0.15) is 30.6 Å². The number of hydrogen-bond acceptors (Lipinski definition) is 3. The molecule has 0 radical (unpaired) electrons. The second-order valence-electron chi connectivity index (χ2n) is 4.49. The van der Waals surface area contributed by atoms with Gasteiger partial charge in [0, 0.05) is 17.0 Å². The van der Waals surface area contributed by atoms with E-state index in [1.54, 1.807) is 17.4 Å². The zero-order valence-electron chi connectivity index (χ0n) is 9.93. The highest BCUT2D eigenvalue weighted by Crippen LogP contribution is 2.23. The zero-order valence-corrected chi connectivity index (χ0v) is 12.3. The second kappa shape index (κ2) is 6.50. The third kappa shape index (κ3) is 4.23. The quantitative estimate of drug-likeness (QED) is 0.837. The Morgan fingerprint density at radius 2 is 2.11 bits per heavy atom. The Labute approximate surface area is 119 Å². The molecule has 1 aromatic rings. The highest BCUT2D eigenvalue weighted by Gasteiger charge is 2.19. The van der Waals surface area contributed by atoms with Crippen molar-refractivity contribution in [3.05, 3.63) is 26.9 Å². The van der Waals surface area contributed by atoms with Gasteiger partial charge in [-0.25, -0.2) is 0 Å². The van der Waals surface area contributed by atoms with Crippen LogP contribution in [0.25, 0.3) is 6.08 Å². The third-order valence-electron chi connectivity index (χ3n) is 3.04. The predicted molar refractivity (Wildman–Crippen MR) is 77.5 cm³/mol. The van der Waals surface area contributed by atoms with E-state index in [0.29, 0.717) is 0 Å². The molecule has 1 fully saturated rings. The van der Waals surface area contributed by atoms with Crippen LogP contribution in [-0.2, 0) is 4.79 Å². The van der Waals surface area contributed by atoms with E-state index in [0.717, 1.165) is 34.3 Å². The molecule has 1 saturated carbocycles. The van der Waals surface area contributed by atoms with Gasteiger partial charge in [0.25, 0.3) is 0 Å². The summed E-state index contributed by atoms with van der Waals surface area (Å²) in [7, 11) is 0. The Hall–Kier alpha value is -0.650. The molecule has 0 saturated heterocycles. The summed E-state index contributed by atoms with van der Waals surface area (Å²) in [6.07, 6.45) is 6.51. The molecule has 0 unspecified atom stereocenters. The van der Waals surface area contributed by atoms with Crippen molar-refractivity contribution in [2.45, 2.75) is 37.8 Å².